The molecule has 6 nitrogen and oxygen atoms in total. The molecule has 156 valence electrons. The molecule has 1 aromatic heterocycles. The van der Waals surface area contributed by atoms with Gasteiger partial charge in [-0.2, -0.15) is 0 Å². The van der Waals surface area contributed by atoms with Crippen LogP contribution in [-0.2, 0) is 16.1 Å². The van der Waals surface area contributed by atoms with E-state index in [1.807, 2.05) is 50.2 Å². The maximum absolute atomic E-state index is 12.7. The Labute approximate surface area is 176 Å². The van der Waals surface area contributed by atoms with Crippen molar-refractivity contribution in [3.05, 3.63) is 83.2 Å². The SMILES string of the molecule is COc1ccccc1NC(=O)[C@H](C)OC(=O)c1cc(C)n(Cc2ccccc2)c1C. The summed E-state index contributed by atoms with van der Waals surface area (Å²) in [7, 11) is 1.53. The van der Waals surface area contributed by atoms with Crippen LogP contribution in [0.15, 0.2) is 60.7 Å². The number of ether oxygens (including phenoxy) is 2. The second-order valence-electron chi connectivity index (χ2n) is 7.09. The molecule has 0 saturated heterocycles. The van der Waals surface area contributed by atoms with Crippen LogP contribution in [-0.4, -0.2) is 29.7 Å². The standard InChI is InChI=1S/C24H26N2O4/c1-16-14-20(17(2)26(16)15-19-10-6-5-7-11-19)24(28)30-18(3)23(27)25-21-12-8-9-13-22(21)29-4/h5-14,18H,15H2,1-4H3,(H,25,27)/t18-/m0/s1. The molecule has 30 heavy (non-hydrogen) atoms. The van der Waals surface area contributed by atoms with Crippen molar-refractivity contribution in [2.45, 2.75) is 33.4 Å². The Kier molecular flexibility index (Phi) is 6.57. The van der Waals surface area contributed by atoms with E-state index in [1.54, 1.807) is 31.2 Å². The average molecular weight is 406 g/mol. The van der Waals surface area contributed by atoms with Crippen LogP contribution in [0.2, 0.25) is 0 Å². The van der Waals surface area contributed by atoms with Crippen molar-refractivity contribution < 1.29 is 19.1 Å². The van der Waals surface area contributed by atoms with Crippen molar-refractivity contribution in [2.75, 3.05) is 12.4 Å². The third-order valence-electron chi connectivity index (χ3n) is 4.99. The van der Waals surface area contributed by atoms with Crippen molar-refractivity contribution in [3.63, 3.8) is 0 Å². The molecule has 0 aliphatic rings. The van der Waals surface area contributed by atoms with E-state index in [4.69, 9.17) is 9.47 Å². The topological polar surface area (TPSA) is 69.6 Å². The number of carbonyl (C=O) groups is 2. The Bertz CT molecular complexity index is 1040. The number of nitrogens with one attached hydrogen (secondary N) is 1. The van der Waals surface area contributed by atoms with Gasteiger partial charge in [-0.1, -0.05) is 42.5 Å². The molecule has 0 bridgehead atoms. The molecule has 0 aliphatic heterocycles. The quantitative estimate of drug-likeness (QED) is 0.593. The number of carbonyl (C=O) groups excluding carboxylic acids is 2. The molecular formula is C24H26N2O4. The molecule has 3 rings (SSSR count). The molecule has 3 aromatic rings. The first-order valence-electron chi connectivity index (χ1n) is 9.76. The minimum atomic E-state index is -0.959. The highest BCUT2D eigenvalue weighted by Gasteiger charge is 2.23. The van der Waals surface area contributed by atoms with Crippen LogP contribution in [0.3, 0.4) is 0 Å². The molecule has 0 saturated carbocycles. The lowest BCUT2D eigenvalue weighted by molar-refractivity contribution is -0.123. The van der Waals surface area contributed by atoms with Crippen molar-refractivity contribution >= 4 is 17.6 Å². The maximum atomic E-state index is 12.7. The largest absolute Gasteiger partial charge is 0.495 e. The summed E-state index contributed by atoms with van der Waals surface area (Å²) in [5.74, 6) is -0.412. The number of rotatable bonds is 7. The van der Waals surface area contributed by atoms with E-state index in [1.165, 1.54) is 7.11 Å². The summed E-state index contributed by atoms with van der Waals surface area (Å²) in [5, 5.41) is 2.74. The van der Waals surface area contributed by atoms with Crippen LogP contribution >= 0.6 is 0 Å². The molecule has 0 aliphatic carbocycles. The first-order valence-corrected chi connectivity index (χ1v) is 9.76. The van der Waals surface area contributed by atoms with E-state index in [9.17, 15) is 9.59 Å². The molecule has 6 heteroatoms. The van der Waals surface area contributed by atoms with Gasteiger partial charge in [0.25, 0.3) is 5.91 Å². The summed E-state index contributed by atoms with van der Waals surface area (Å²) < 4.78 is 12.7. The van der Waals surface area contributed by atoms with Gasteiger partial charge in [0, 0.05) is 17.9 Å². The van der Waals surface area contributed by atoms with E-state index in [-0.39, 0.29) is 0 Å². The Morgan fingerprint density at radius 3 is 2.40 bits per heavy atom. The fourth-order valence-corrected chi connectivity index (χ4v) is 3.28. The van der Waals surface area contributed by atoms with Gasteiger partial charge in [-0.05, 0) is 44.5 Å². The Balaban J connectivity index is 1.69. The number of amides is 1. The van der Waals surface area contributed by atoms with Crippen molar-refractivity contribution in [3.8, 4) is 5.75 Å². The lowest BCUT2D eigenvalue weighted by Crippen LogP contribution is -2.30. The average Bonchev–Trinajstić information content (AvgIpc) is 3.03. The van der Waals surface area contributed by atoms with Gasteiger partial charge in [-0.25, -0.2) is 4.79 Å². The smallest absolute Gasteiger partial charge is 0.340 e. The molecule has 2 aromatic carbocycles. The molecule has 0 radical (unpaired) electrons. The summed E-state index contributed by atoms with van der Waals surface area (Å²) in [4.78, 5) is 25.2. The molecule has 0 spiro atoms. The summed E-state index contributed by atoms with van der Waals surface area (Å²) in [6.07, 6.45) is -0.959. The van der Waals surface area contributed by atoms with E-state index in [0.717, 1.165) is 17.0 Å². The van der Waals surface area contributed by atoms with E-state index in [0.29, 0.717) is 23.5 Å². The molecular weight excluding hydrogens is 380 g/mol. The normalized spacial score (nSPS) is 11.6. The van der Waals surface area contributed by atoms with Crippen LogP contribution in [0.25, 0.3) is 0 Å². The third kappa shape index (κ3) is 4.71. The second kappa shape index (κ2) is 9.31. The monoisotopic (exact) mass is 406 g/mol. The van der Waals surface area contributed by atoms with Gasteiger partial charge < -0.3 is 19.4 Å². The van der Waals surface area contributed by atoms with Crippen LogP contribution in [0.1, 0.15) is 34.2 Å². The van der Waals surface area contributed by atoms with E-state index in [2.05, 4.69) is 9.88 Å². The highest BCUT2D eigenvalue weighted by molar-refractivity contribution is 5.98. The Hall–Kier alpha value is -3.54. The van der Waals surface area contributed by atoms with Crippen molar-refractivity contribution in [2.24, 2.45) is 0 Å². The zero-order valence-electron chi connectivity index (χ0n) is 17.6. The van der Waals surface area contributed by atoms with Gasteiger partial charge in [0.15, 0.2) is 6.10 Å². The molecule has 1 atom stereocenters. The Morgan fingerprint density at radius 2 is 1.70 bits per heavy atom. The summed E-state index contributed by atoms with van der Waals surface area (Å²) in [6.45, 7) is 6.04. The Morgan fingerprint density at radius 1 is 1.03 bits per heavy atom. The minimum absolute atomic E-state index is 0.425. The van der Waals surface area contributed by atoms with Crippen LogP contribution in [0, 0.1) is 13.8 Å². The van der Waals surface area contributed by atoms with Gasteiger partial charge in [-0.3, -0.25) is 4.79 Å². The zero-order valence-corrected chi connectivity index (χ0v) is 17.6. The van der Waals surface area contributed by atoms with E-state index < -0.39 is 18.0 Å². The van der Waals surface area contributed by atoms with Gasteiger partial charge in [0.05, 0.1) is 18.4 Å². The predicted molar refractivity (Wildman–Crippen MR) is 116 cm³/mol. The maximum Gasteiger partial charge on any atom is 0.340 e. The second-order valence-corrected chi connectivity index (χ2v) is 7.09. The number of benzene rings is 2. The van der Waals surface area contributed by atoms with Crippen molar-refractivity contribution in [1.29, 1.82) is 0 Å². The van der Waals surface area contributed by atoms with Gasteiger partial charge in [0.1, 0.15) is 5.75 Å². The summed E-state index contributed by atoms with van der Waals surface area (Å²) >= 11 is 0. The fraction of sp³-hybridized carbons (Fsp3) is 0.250. The van der Waals surface area contributed by atoms with Gasteiger partial charge in [-0.15, -0.1) is 0 Å². The number of aromatic nitrogens is 1. The minimum Gasteiger partial charge on any atom is -0.495 e. The van der Waals surface area contributed by atoms with E-state index >= 15 is 0 Å². The van der Waals surface area contributed by atoms with Crippen molar-refractivity contribution in [1.82, 2.24) is 4.57 Å². The summed E-state index contributed by atoms with van der Waals surface area (Å²) in [6, 6.07) is 18.9. The van der Waals surface area contributed by atoms with Crippen LogP contribution in [0.5, 0.6) is 5.75 Å². The van der Waals surface area contributed by atoms with Crippen LogP contribution < -0.4 is 10.1 Å². The molecule has 1 heterocycles. The number of methoxy groups -OCH3 is 1. The summed E-state index contributed by atoms with van der Waals surface area (Å²) in [5.41, 5.74) is 3.88. The lowest BCUT2D eigenvalue weighted by atomic mass is 10.2. The lowest BCUT2D eigenvalue weighted by Gasteiger charge is -2.15. The zero-order chi connectivity index (χ0) is 21.7. The number of aryl methyl sites for hydroxylation is 1. The number of hydrogen-bond acceptors (Lipinski definition) is 4. The molecule has 1 N–H and O–H groups in total. The van der Waals surface area contributed by atoms with Crippen LogP contribution in [0.4, 0.5) is 5.69 Å². The number of hydrogen-bond donors (Lipinski definition) is 1. The number of anilines is 1. The first-order chi connectivity index (χ1) is 14.4. The first kappa shape index (κ1) is 21.2. The highest BCUT2D eigenvalue weighted by atomic mass is 16.5. The van der Waals surface area contributed by atoms with Gasteiger partial charge >= 0.3 is 5.97 Å². The highest BCUT2D eigenvalue weighted by Crippen LogP contribution is 2.24. The third-order valence-corrected chi connectivity index (χ3v) is 4.99. The molecule has 0 unspecified atom stereocenters. The number of esters is 1. The molecule has 1 amide bonds. The number of nitrogens with zero attached hydrogens (tertiary/aromatic N) is 1. The predicted octanol–water partition coefficient (Wildman–Crippen LogP) is 4.35. The molecule has 0 fully saturated rings. The number of para-hydroxylation sites is 2. The van der Waals surface area contributed by atoms with Gasteiger partial charge in [0.2, 0.25) is 0 Å². The fourth-order valence-electron chi connectivity index (χ4n) is 3.28.